The van der Waals surface area contributed by atoms with Gasteiger partial charge in [0.2, 0.25) is 0 Å². The maximum atomic E-state index is 9.97. The minimum absolute atomic E-state index is 0.155. The maximum absolute atomic E-state index is 9.97. The lowest BCUT2D eigenvalue weighted by Crippen LogP contribution is -2.23. The molecule has 0 spiro atoms. The lowest BCUT2D eigenvalue weighted by Gasteiger charge is -2.13. The molecule has 2 aromatic carbocycles. The topological polar surface area (TPSA) is 69.4 Å². The molecular formula is C19H20ClN3O3. The first-order valence-electron chi connectivity index (χ1n) is 8.19. The molecule has 1 aromatic heterocycles. The largest absolute Gasteiger partial charge is 0.491 e. The van der Waals surface area contributed by atoms with E-state index in [0.29, 0.717) is 23.2 Å². The van der Waals surface area contributed by atoms with Gasteiger partial charge in [-0.1, -0.05) is 23.7 Å². The number of aromatic nitrogens is 3. The van der Waals surface area contributed by atoms with Gasteiger partial charge >= 0.3 is 0 Å². The van der Waals surface area contributed by atoms with Gasteiger partial charge in [-0.15, -0.1) is 0 Å². The zero-order valence-electron chi connectivity index (χ0n) is 14.4. The van der Waals surface area contributed by atoms with Crippen LogP contribution in [0.4, 0.5) is 0 Å². The highest BCUT2D eigenvalue weighted by Crippen LogP contribution is 2.19. The molecule has 136 valence electrons. The van der Waals surface area contributed by atoms with Gasteiger partial charge in [-0.05, 0) is 42.0 Å². The summed E-state index contributed by atoms with van der Waals surface area (Å²) in [6.45, 7) is 0.764. The molecule has 0 aliphatic heterocycles. The number of benzene rings is 2. The number of halogens is 1. The molecule has 7 heteroatoms. The third-order valence-electron chi connectivity index (χ3n) is 3.65. The van der Waals surface area contributed by atoms with Crippen LogP contribution < -0.4 is 4.74 Å². The van der Waals surface area contributed by atoms with E-state index in [9.17, 15) is 5.11 Å². The second kappa shape index (κ2) is 8.80. The average molecular weight is 374 g/mol. The summed E-state index contributed by atoms with van der Waals surface area (Å²) in [5.41, 5.74) is 1.91. The van der Waals surface area contributed by atoms with E-state index in [1.165, 1.54) is 0 Å². The Morgan fingerprint density at radius 2 is 1.81 bits per heavy atom. The summed E-state index contributed by atoms with van der Waals surface area (Å²) in [4.78, 5) is 4.20. The highest BCUT2D eigenvalue weighted by atomic mass is 35.5. The fourth-order valence-corrected chi connectivity index (χ4v) is 2.43. The molecule has 0 aliphatic carbocycles. The van der Waals surface area contributed by atoms with Crippen LogP contribution in [-0.2, 0) is 18.4 Å². The van der Waals surface area contributed by atoms with E-state index < -0.39 is 6.10 Å². The van der Waals surface area contributed by atoms with E-state index in [2.05, 4.69) is 10.1 Å². The molecule has 0 amide bonds. The van der Waals surface area contributed by atoms with Crippen LogP contribution in [0.2, 0.25) is 5.02 Å². The van der Waals surface area contributed by atoms with Crippen molar-refractivity contribution in [1.82, 2.24) is 14.8 Å². The molecule has 3 aromatic rings. The predicted octanol–water partition coefficient (Wildman–Crippen LogP) is 3.09. The number of ether oxygens (including phenoxy) is 2. The summed E-state index contributed by atoms with van der Waals surface area (Å²) in [6.07, 6.45) is 0.944. The molecule has 0 radical (unpaired) electrons. The van der Waals surface area contributed by atoms with Crippen molar-refractivity contribution < 1.29 is 14.6 Å². The fourth-order valence-electron chi connectivity index (χ4n) is 2.31. The molecule has 0 saturated carbocycles. The van der Waals surface area contributed by atoms with Crippen LogP contribution in [0.5, 0.6) is 5.75 Å². The van der Waals surface area contributed by atoms with Crippen LogP contribution >= 0.6 is 11.6 Å². The third kappa shape index (κ3) is 5.29. The van der Waals surface area contributed by atoms with Crippen molar-refractivity contribution in [3.8, 4) is 17.1 Å². The molecular weight excluding hydrogens is 354 g/mol. The van der Waals surface area contributed by atoms with Crippen LogP contribution in [0, 0.1) is 0 Å². The van der Waals surface area contributed by atoms with Gasteiger partial charge in [0.15, 0.2) is 5.82 Å². The number of aliphatic hydroxyl groups excluding tert-OH is 1. The Balaban J connectivity index is 1.41. The molecule has 1 N–H and O–H groups in total. The highest BCUT2D eigenvalue weighted by molar-refractivity contribution is 6.30. The van der Waals surface area contributed by atoms with Gasteiger partial charge < -0.3 is 14.6 Å². The quantitative estimate of drug-likeness (QED) is 0.657. The minimum Gasteiger partial charge on any atom is -0.491 e. The van der Waals surface area contributed by atoms with E-state index in [-0.39, 0.29) is 13.2 Å². The van der Waals surface area contributed by atoms with Crippen molar-refractivity contribution >= 4 is 11.6 Å². The Morgan fingerprint density at radius 3 is 2.46 bits per heavy atom. The third-order valence-corrected chi connectivity index (χ3v) is 3.90. The Morgan fingerprint density at radius 1 is 1.08 bits per heavy atom. The van der Waals surface area contributed by atoms with Crippen molar-refractivity contribution in [1.29, 1.82) is 0 Å². The smallest absolute Gasteiger partial charge is 0.181 e. The first kappa shape index (κ1) is 18.4. The number of nitrogens with zero attached hydrogens (tertiary/aromatic N) is 3. The molecule has 0 unspecified atom stereocenters. The number of aryl methyl sites for hydroxylation is 1. The van der Waals surface area contributed by atoms with Crippen LogP contribution in [0.25, 0.3) is 11.4 Å². The zero-order valence-corrected chi connectivity index (χ0v) is 15.1. The second-order valence-corrected chi connectivity index (χ2v) is 6.31. The van der Waals surface area contributed by atoms with E-state index in [1.54, 1.807) is 11.0 Å². The van der Waals surface area contributed by atoms with Crippen LogP contribution in [0.1, 0.15) is 5.56 Å². The monoisotopic (exact) mass is 373 g/mol. The molecule has 1 heterocycles. The molecule has 26 heavy (non-hydrogen) atoms. The zero-order chi connectivity index (χ0) is 18.4. The van der Waals surface area contributed by atoms with Crippen LogP contribution in [0.15, 0.2) is 54.9 Å². The molecule has 0 bridgehead atoms. The van der Waals surface area contributed by atoms with E-state index in [1.807, 2.05) is 55.6 Å². The van der Waals surface area contributed by atoms with Gasteiger partial charge in [-0.2, -0.15) is 5.10 Å². The summed E-state index contributed by atoms with van der Waals surface area (Å²) in [6, 6.07) is 14.8. The average Bonchev–Trinajstić information content (AvgIpc) is 3.08. The normalized spacial score (nSPS) is 12.1. The summed E-state index contributed by atoms with van der Waals surface area (Å²) in [7, 11) is 1.82. The molecule has 0 saturated heterocycles. The van der Waals surface area contributed by atoms with Gasteiger partial charge in [-0.3, -0.25) is 4.68 Å². The van der Waals surface area contributed by atoms with Crippen LogP contribution in [-0.4, -0.2) is 39.2 Å². The Kier molecular flexibility index (Phi) is 6.22. The molecule has 0 aliphatic rings. The van der Waals surface area contributed by atoms with Gasteiger partial charge in [0, 0.05) is 17.6 Å². The van der Waals surface area contributed by atoms with E-state index in [0.717, 1.165) is 11.1 Å². The molecule has 0 fully saturated rings. The van der Waals surface area contributed by atoms with Crippen molar-refractivity contribution in [2.75, 3.05) is 13.2 Å². The van der Waals surface area contributed by atoms with Gasteiger partial charge in [0.1, 0.15) is 24.8 Å². The number of aliphatic hydroxyl groups is 1. The number of hydrogen-bond donors (Lipinski definition) is 1. The summed E-state index contributed by atoms with van der Waals surface area (Å²) in [5, 5.41) is 14.9. The summed E-state index contributed by atoms with van der Waals surface area (Å²) >= 11 is 5.84. The molecule has 6 nitrogen and oxygen atoms in total. The van der Waals surface area contributed by atoms with Gasteiger partial charge in [0.25, 0.3) is 0 Å². The van der Waals surface area contributed by atoms with Crippen molar-refractivity contribution in [3.05, 3.63) is 65.4 Å². The van der Waals surface area contributed by atoms with E-state index in [4.69, 9.17) is 21.1 Å². The van der Waals surface area contributed by atoms with Gasteiger partial charge in [0.05, 0.1) is 13.2 Å². The molecule has 1 atom stereocenters. The highest BCUT2D eigenvalue weighted by Gasteiger charge is 2.07. The first-order chi connectivity index (χ1) is 12.6. The Labute approximate surface area is 157 Å². The van der Waals surface area contributed by atoms with Crippen molar-refractivity contribution in [3.63, 3.8) is 0 Å². The molecule has 3 rings (SSSR count). The second-order valence-electron chi connectivity index (χ2n) is 5.87. The number of hydrogen-bond acceptors (Lipinski definition) is 5. The van der Waals surface area contributed by atoms with Gasteiger partial charge in [-0.25, -0.2) is 4.98 Å². The summed E-state index contributed by atoms with van der Waals surface area (Å²) < 4.78 is 12.7. The Hall–Kier alpha value is -2.41. The SMILES string of the molecule is Cn1cnc(-c2ccc(OC[C@H](O)COCc3ccc(Cl)cc3)cc2)n1. The number of rotatable bonds is 8. The minimum atomic E-state index is -0.709. The lowest BCUT2D eigenvalue weighted by molar-refractivity contribution is 0.00549. The van der Waals surface area contributed by atoms with Crippen molar-refractivity contribution in [2.45, 2.75) is 12.7 Å². The van der Waals surface area contributed by atoms with E-state index >= 15 is 0 Å². The Bertz CT molecular complexity index is 819. The fraction of sp³-hybridized carbons (Fsp3) is 0.263. The van der Waals surface area contributed by atoms with Crippen molar-refractivity contribution in [2.24, 2.45) is 7.05 Å². The first-order valence-corrected chi connectivity index (χ1v) is 8.57. The predicted molar refractivity (Wildman–Crippen MR) is 99.0 cm³/mol. The van der Waals surface area contributed by atoms with Crippen LogP contribution in [0.3, 0.4) is 0 Å². The lowest BCUT2D eigenvalue weighted by atomic mass is 10.2. The maximum Gasteiger partial charge on any atom is 0.181 e. The standard InChI is InChI=1S/C19H20ClN3O3/c1-23-13-21-19(22-23)15-4-8-18(9-5-15)26-12-17(24)11-25-10-14-2-6-16(20)7-3-14/h2-9,13,17,24H,10-12H2,1H3/t17-/m1/s1. The summed E-state index contributed by atoms with van der Waals surface area (Å²) in [5.74, 6) is 1.33.